The molecule has 0 aliphatic heterocycles. The number of likely N-dealkylation sites (N-methyl/N-ethyl adjacent to an activating group) is 1. The van der Waals surface area contributed by atoms with E-state index in [0.717, 1.165) is 16.7 Å². The lowest BCUT2D eigenvalue weighted by Crippen LogP contribution is -2.51. The SMILES string of the molecule is CCNC(=O)[C@@H](Cc1ccccc1)N(Cc1cccc(Cl)c1)C(=O)Cc1ccccc1Cl. The molecule has 32 heavy (non-hydrogen) atoms. The summed E-state index contributed by atoms with van der Waals surface area (Å²) in [7, 11) is 0. The summed E-state index contributed by atoms with van der Waals surface area (Å²) in [4.78, 5) is 28.3. The maximum Gasteiger partial charge on any atom is 0.243 e. The molecule has 0 aliphatic rings. The van der Waals surface area contributed by atoms with Crippen LogP contribution in [0.4, 0.5) is 0 Å². The van der Waals surface area contributed by atoms with Crippen LogP contribution >= 0.6 is 23.2 Å². The Bertz CT molecular complexity index is 1060. The zero-order chi connectivity index (χ0) is 22.9. The highest BCUT2D eigenvalue weighted by Crippen LogP contribution is 2.21. The largest absolute Gasteiger partial charge is 0.355 e. The van der Waals surface area contributed by atoms with Crippen molar-refractivity contribution in [1.82, 2.24) is 10.2 Å². The van der Waals surface area contributed by atoms with Crippen molar-refractivity contribution in [3.05, 3.63) is 106 Å². The van der Waals surface area contributed by atoms with E-state index in [2.05, 4.69) is 5.32 Å². The minimum absolute atomic E-state index is 0.102. The highest BCUT2D eigenvalue weighted by atomic mass is 35.5. The fourth-order valence-electron chi connectivity index (χ4n) is 3.58. The lowest BCUT2D eigenvalue weighted by Gasteiger charge is -2.31. The van der Waals surface area contributed by atoms with Gasteiger partial charge in [-0.2, -0.15) is 0 Å². The number of carbonyl (C=O) groups is 2. The molecule has 0 aliphatic carbocycles. The fraction of sp³-hybridized carbons (Fsp3) is 0.231. The molecule has 2 amide bonds. The molecule has 3 aromatic rings. The van der Waals surface area contributed by atoms with Crippen molar-refractivity contribution in [3.8, 4) is 0 Å². The van der Waals surface area contributed by atoms with Gasteiger partial charge < -0.3 is 10.2 Å². The summed E-state index contributed by atoms with van der Waals surface area (Å²) in [6, 6.07) is 23.6. The maximum absolute atomic E-state index is 13.5. The Kier molecular flexibility index (Phi) is 8.72. The fourth-order valence-corrected chi connectivity index (χ4v) is 4.00. The van der Waals surface area contributed by atoms with Crippen LogP contribution in [0.15, 0.2) is 78.9 Å². The summed E-state index contributed by atoms with van der Waals surface area (Å²) in [5.41, 5.74) is 2.56. The number of nitrogens with zero attached hydrogens (tertiary/aromatic N) is 1. The third-order valence-electron chi connectivity index (χ3n) is 5.16. The van der Waals surface area contributed by atoms with Crippen molar-refractivity contribution in [2.24, 2.45) is 0 Å². The summed E-state index contributed by atoms with van der Waals surface area (Å²) in [5, 5.41) is 4.00. The van der Waals surface area contributed by atoms with Gasteiger partial charge >= 0.3 is 0 Å². The Morgan fingerprint density at radius 2 is 1.59 bits per heavy atom. The molecule has 166 valence electrons. The molecule has 1 N–H and O–H groups in total. The Balaban J connectivity index is 1.96. The zero-order valence-electron chi connectivity index (χ0n) is 17.9. The van der Waals surface area contributed by atoms with Crippen LogP contribution in [0.2, 0.25) is 10.0 Å². The first-order valence-electron chi connectivity index (χ1n) is 10.6. The highest BCUT2D eigenvalue weighted by Gasteiger charge is 2.30. The first-order chi connectivity index (χ1) is 15.5. The van der Waals surface area contributed by atoms with E-state index in [4.69, 9.17) is 23.2 Å². The molecule has 4 nitrogen and oxygen atoms in total. The normalized spacial score (nSPS) is 11.6. The van der Waals surface area contributed by atoms with Crippen molar-refractivity contribution < 1.29 is 9.59 Å². The standard InChI is InChI=1S/C26H26Cl2N2O2/c1-2-29-26(32)24(16-19-9-4-3-5-10-19)30(18-20-11-8-13-22(27)15-20)25(31)17-21-12-6-7-14-23(21)28/h3-15,24H,2,16-18H2,1H3,(H,29,32)/t24-/m1/s1. The van der Waals surface area contributed by atoms with Crippen LogP contribution in [0, 0.1) is 0 Å². The minimum Gasteiger partial charge on any atom is -0.355 e. The van der Waals surface area contributed by atoms with Crippen molar-refractivity contribution in [1.29, 1.82) is 0 Å². The van der Waals surface area contributed by atoms with Gasteiger partial charge in [0.25, 0.3) is 0 Å². The molecule has 0 saturated heterocycles. The van der Waals surface area contributed by atoms with E-state index in [0.29, 0.717) is 23.0 Å². The summed E-state index contributed by atoms with van der Waals surface area (Å²) in [5.74, 6) is -0.365. The number of halogens is 2. The lowest BCUT2D eigenvalue weighted by atomic mass is 10.0. The second-order valence-electron chi connectivity index (χ2n) is 7.52. The molecule has 0 unspecified atom stereocenters. The Labute approximate surface area is 199 Å². The first kappa shape index (κ1) is 23.8. The molecule has 0 spiro atoms. The van der Waals surface area contributed by atoms with Crippen LogP contribution in [0.5, 0.6) is 0 Å². The molecule has 0 saturated carbocycles. The third kappa shape index (κ3) is 6.59. The van der Waals surface area contributed by atoms with Crippen molar-refractivity contribution in [2.45, 2.75) is 32.4 Å². The Morgan fingerprint density at radius 3 is 2.28 bits per heavy atom. The number of hydrogen-bond acceptors (Lipinski definition) is 2. The predicted octanol–water partition coefficient (Wildman–Crippen LogP) is 5.31. The van der Waals surface area contributed by atoms with Gasteiger partial charge in [-0.25, -0.2) is 0 Å². The zero-order valence-corrected chi connectivity index (χ0v) is 19.4. The lowest BCUT2D eigenvalue weighted by molar-refractivity contribution is -0.140. The van der Waals surface area contributed by atoms with Gasteiger partial charge in [0.2, 0.25) is 11.8 Å². The number of rotatable bonds is 9. The van der Waals surface area contributed by atoms with E-state index >= 15 is 0 Å². The van der Waals surface area contributed by atoms with Gasteiger partial charge in [-0.1, -0.05) is 83.9 Å². The van der Waals surface area contributed by atoms with Crippen LogP contribution in [0.25, 0.3) is 0 Å². The smallest absolute Gasteiger partial charge is 0.243 e. The molecule has 0 bridgehead atoms. The molecule has 0 heterocycles. The van der Waals surface area contributed by atoms with Gasteiger partial charge in [-0.3, -0.25) is 9.59 Å². The monoisotopic (exact) mass is 468 g/mol. The quantitative estimate of drug-likeness (QED) is 0.462. The molecule has 0 radical (unpaired) electrons. The summed E-state index contributed by atoms with van der Waals surface area (Å²) >= 11 is 12.5. The molecular formula is C26H26Cl2N2O2. The first-order valence-corrected chi connectivity index (χ1v) is 11.3. The van der Waals surface area contributed by atoms with Gasteiger partial charge in [-0.15, -0.1) is 0 Å². The molecule has 3 rings (SSSR count). The van der Waals surface area contributed by atoms with Gasteiger partial charge in [-0.05, 0) is 41.8 Å². The topological polar surface area (TPSA) is 49.4 Å². The molecule has 1 atom stereocenters. The summed E-state index contributed by atoms with van der Waals surface area (Å²) < 4.78 is 0. The van der Waals surface area contributed by atoms with Crippen LogP contribution in [0.1, 0.15) is 23.6 Å². The Hall–Kier alpha value is -2.82. The second kappa shape index (κ2) is 11.7. The molecule has 0 aromatic heterocycles. The van der Waals surface area contributed by atoms with E-state index in [9.17, 15) is 9.59 Å². The molecule has 0 fully saturated rings. The van der Waals surface area contributed by atoms with E-state index < -0.39 is 6.04 Å². The van der Waals surface area contributed by atoms with Crippen LogP contribution < -0.4 is 5.32 Å². The summed E-state index contributed by atoms with van der Waals surface area (Å²) in [6.07, 6.45) is 0.506. The Morgan fingerprint density at radius 1 is 0.906 bits per heavy atom. The highest BCUT2D eigenvalue weighted by molar-refractivity contribution is 6.31. The molecular weight excluding hydrogens is 443 g/mol. The molecule has 3 aromatic carbocycles. The number of hydrogen-bond donors (Lipinski definition) is 1. The van der Waals surface area contributed by atoms with Crippen molar-refractivity contribution in [2.75, 3.05) is 6.54 Å². The van der Waals surface area contributed by atoms with Crippen LogP contribution in [-0.4, -0.2) is 29.3 Å². The predicted molar refractivity (Wildman–Crippen MR) is 130 cm³/mol. The number of amides is 2. The van der Waals surface area contributed by atoms with E-state index in [1.165, 1.54) is 0 Å². The minimum atomic E-state index is -0.675. The van der Waals surface area contributed by atoms with E-state index in [-0.39, 0.29) is 24.8 Å². The summed E-state index contributed by atoms with van der Waals surface area (Å²) in [6.45, 7) is 2.61. The van der Waals surface area contributed by atoms with Gasteiger partial charge in [0.1, 0.15) is 6.04 Å². The maximum atomic E-state index is 13.5. The number of benzene rings is 3. The molecule has 6 heteroatoms. The van der Waals surface area contributed by atoms with Crippen LogP contribution in [0.3, 0.4) is 0 Å². The van der Waals surface area contributed by atoms with Gasteiger partial charge in [0.05, 0.1) is 6.42 Å². The van der Waals surface area contributed by atoms with Crippen LogP contribution in [-0.2, 0) is 29.0 Å². The van der Waals surface area contributed by atoms with Gasteiger partial charge in [0.15, 0.2) is 0 Å². The average molecular weight is 469 g/mol. The van der Waals surface area contributed by atoms with E-state index in [1.807, 2.05) is 73.7 Å². The second-order valence-corrected chi connectivity index (χ2v) is 8.36. The van der Waals surface area contributed by atoms with Gasteiger partial charge in [0, 0.05) is 29.6 Å². The average Bonchev–Trinajstić information content (AvgIpc) is 2.78. The van der Waals surface area contributed by atoms with E-state index in [1.54, 1.807) is 17.0 Å². The van der Waals surface area contributed by atoms with Crippen molar-refractivity contribution >= 4 is 35.0 Å². The third-order valence-corrected chi connectivity index (χ3v) is 5.77. The number of nitrogens with one attached hydrogen (secondary N) is 1. The number of carbonyl (C=O) groups excluding carboxylic acids is 2. The van der Waals surface area contributed by atoms with Crippen molar-refractivity contribution in [3.63, 3.8) is 0 Å².